The summed E-state index contributed by atoms with van der Waals surface area (Å²) in [6.07, 6.45) is 0.580. The summed E-state index contributed by atoms with van der Waals surface area (Å²) in [6.45, 7) is 1.62. The minimum absolute atomic E-state index is 0.00158. The van der Waals surface area contributed by atoms with Gasteiger partial charge >= 0.3 is 0 Å². The molecule has 0 saturated heterocycles. The van der Waals surface area contributed by atoms with Gasteiger partial charge in [0.05, 0.1) is 43.0 Å². The Labute approximate surface area is 116 Å². The number of hydrogen-bond acceptors (Lipinski definition) is 5. The number of ether oxygens (including phenoxy) is 2. The minimum Gasteiger partial charge on any atom is -0.394 e. The fourth-order valence-corrected chi connectivity index (χ4v) is 1.69. The number of aliphatic hydroxyl groups excluding tert-OH is 1. The second kappa shape index (κ2) is 8.82. The van der Waals surface area contributed by atoms with E-state index in [1.165, 1.54) is 12.1 Å². The maximum absolute atomic E-state index is 10.5. The summed E-state index contributed by atoms with van der Waals surface area (Å²) in [6, 6.07) is 4.39. The molecule has 1 aromatic rings. The Bertz CT molecular complexity index is 413. The van der Waals surface area contributed by atoms with Gasteiger partial charge in [0.25, 0.3) is 5.69 Å². The molecular formula is C12H16ClNO5. The molecule has 0 saturated carbocycles. The molecule has 0 heterocycles. The standard InChI is InChI=1S/C12H16ClNO5/c13-12-9-11(14(16)17)2-1-10(12)3-5-18-7-8-19-6-4-15/h1-2,9,15H,3-8H2. The highest BCUT2D eigenvalue weighted by Crippen LogP contribution is 2.22. The van der Waals surface area contributed by atoms with Gasteiger partial charge in [-0.2, -0.15) is 0 Å². The van der Waals surface area contributed by atoms with Gasteiger partial charge in [0, 0.05) is 12.1 Å². The van der Waals surface area contributed by atoms with E-state index in [4.69, 9.17) is 26.2 Å². The average molecular weight is 290 g/mol. The molecule has 6 nitrogen and oxygen atoms in total. The average Bonchev–Trinajstić information content (AvgIpc) is 2.39. The SMILES string of the molecule is O=[N+]([O-])c1ccc(CCOCCOCCO)c(Cl)c1. The Kier molecular flexibility index (Phi) is 7.35. The van der Waals surface area contributed by atoms with Gasteiger partial charge < -0.3 is 14.6 Å². The van der Waals surface area contributed by atoms with Crippen LogP contribution in [0.5, 0.6) is 0 Å². The quantitative estimate of drug-likeness (QED) is 0.426. The monoisotopic (exact) mass is 289 g/mol. The van der Waals surface area contributed by atoms with E-state index in [9.17, 15) is 10.1 Å². The van der Waals surface area contributed by atoms with Crippen LogP contribution in [0.15, 0.2) is 18.2 Å². The highest BCUT2D eigenvalue weighted by molar-refractivity contribution is 6.31. The first-order valence-corrected chi connectivity index (χ1v) is 6.22. The molecule has 1 rings (SSSR count). The van der Waals surface area contributed by atoms with Crippen LogP contribution in [0.2, 0.25) is 5.02 Å². The van der Waals surface area contributed by atoms with Gasteiger partial charge in [-0.15, -0.1) is 0 Å². The number of hydrogen-bond donors (Lipinski definition) is 1. The Morgan fingerprint density at radius 3 is 2.47 bits per heavy atom. The normalized spacial score (nSPS) is 10.6. The molecule has 0 bridgehead atoms. The van der Waals surface area contributed by atoms with Gasteiger partial charge in [-0.1, -0.05) is 17.7 Å². The van der Waals surface area contributed by atoms with E-state index in [0.29, 0.717) is 37.9 Å². The Hall–Kier alpha value is -1.21. The number of halogens is 1. The number of nitrogens with zero attached hydrogens (tertiary/aromatic N) is 1. The van der Waals surface area contributed by atoms with E-state index in [1.807, 2.05) is 0 Å². The first-order valence-electron chi connectivity index (χ1n) is 5.84. The molecule has 0 unspecified atom stereocenters. The van der Waals surface area contributed by atoms with Crippen LogP contribution in [0.4, 0.5) is 5.69 Å². The fourth-order valence-electron chi connectivity index (χ4n) is 1.42. The molecular weight excluding hydrogens is 274 g/mol. The lowest BCUT2D eigenvalue weighted by molar-refractivity contribution is -0.384. The van der Waals surface area contributed by atoms with Crippen LogP contribution < -0.4 is 0 Å². The number of nitro groups is 1. The number of non-ortho nitro benzene ring substituents is 1. The Morgan fingerprint density at radius 1 is 1.21 bits per heavy atom. The summed E-state index contributed by atoms with van der Waals surface area (Å²) < 4.78 is 10.3. The zero-order chi connectivity index (χ0) is 14.1. The molecule has 1 aromatic carbocycles. The second-order valence-electron chi connectivity index (χ2n) is 3.73. The van der Waals surface area contributed by atoms with Crippen molar-refractivity contribution in [3.8, 4) is 0 Å². The zero-order valence-corrected chi connectivity index (χ0v) is 11.1. The Morgan fingerprint density at radius 2 is 1.89 bits per heavy atom. The summed E-state index contributed by atoms with van der Waals surface area (Å²) in [4.78, 5) is 10.1. The van der Waals surface area contributed by atoms with Gasteiger partial charge in [0.15, 0.2) is 0 Å². The van der Waals surface area contributed by atoms with Crippen molar-refractivity contribution in [1.29, 1.82) is 0 Å². The molecule has 0 spiro atoms. The maximum atomic E-state index is 10.5. The van der Waals surface area contributed by atoms with E-state index in [1.54, 1.807) is 6.07 Å². The summed E-state index contributed by atoms with van der Waals surface area (Å²) in [5, 5.41) is 19.4. The van der Waals surface area contributed by atoms with E-state index in [0.717, 1.165) is 5.56 Å². The summed E-state index contributed by atoms with van der Waals surface area (Å²) in [5.41, 5.74) is 0.788. The van der Waals surface area contributed by atoms with Crippen molar-refractivity contribution in [2.75, 3.05) is 33.0 Å². The maximum Gasteiger partial charge on any atom is 0.270 e. The van der Waals surface area contributed by atoms with E-state index in [-0.39, 0.29) is 12.3 Å². The number of nitro benzene ring substituents is 1. The lowest BCUT2D eigenvalue weighted by atomic mass is 10.1. The van der Waals surface area contributed by atoms with Gasteiger partial charge in [-0.05, 0) is 12.0 Å². The molecule has 0 aliphatic rings. The third-order valence-electron chi connectivity index (χ3n) is 2.37. The van der Waals surface area contributed by atoms with Crippen LogP contribution in [-0.4, -0.2) is 43.1 Å². The molecule has 0 radical (unpaired) electrons. The van der Waals surface area contributed by atoms with Crippen molar-refractivity contribution in [2.45, 2.75) is 6.42 Å². The van der Waals surface area contributed by atoms with Crippen LogP contribution in [-0.2, 0) is 15.9 Å². The van der Waals surface area contributed by atoms with Crippen molar-refractivity contribution >= 4 is 17.3 Å². The van der Waals surface area contributed by atoms with Crippen LogP contribution in [0.25, 0.3) is 0 Å². The van der Waals surface area contributed by atoms with Gasteiger partial charge in [0.2, 0.25) is 0 Å². The molecule has 106 valence electrons. The van der Waals surface area contributed by atoms with Gasteiger partial charge in [-0.3, -0.25) is 10.1 Å². The zero-order valence-electron chi connectivity index (χ0n) is 10.4. The molecule has 1 N–H and O–H groups in total. The minimum atomic E-state index is -0.481. The van der Waals surface area contributed by atoms with Crippen molar-refractivity contribution in [2.24, 2.45) is 0 Å². The van der Waals surface area contributed by atoms with Crippen LogP contribution in [0.3, 0.4) is 0 Å². The smallest absolute Gasteiger partial charge is 0.270 e. The first kappa shape index (κ1) is 15.8. The van der Waals surface area contributed by atoms with Crippen LogP contribution in [0.1, 0.15) is 5.56 Å². The highest BCUT2D eigenvalue weighted by atomic mass is 35.5. The number of benzene rings is 1. The lowest BCUT2D eigenvalue weighted by Gasteiger charge is -2.06. The topological polar surface area (TPSA) is 81.8 Å². The van der Waals surface area contributed by atoms with Gasteiger partial charge in [0.1, 0.15) is 0 Å². The molecule has 0 amide bonds. The van der Waals surface area contributed by atoms with E-state index < -0.39 is 4.92 Å². The molecule has 7 heteroatoms. The number of aliphatic hydroxyl groups is 1. The second-order valence-corrected chi connectivity index (χ2v) is 4.14. The molecule has 0 fully saturated rings. The summed E-state index contributed by atoms with van der Waals surface area (Å²) >= 11 is 5.94. The third-order valence-corrected chi connectivity index (χ3v) is 2.72. The first-order chi connectivity index (χ1) is 9.15. The largest absolute Gasteiger partial charge is 0.394 e. The Balaban J connectivity index is 2.28. The van der Waals surface area contributed by atoms with Crippen molar-refractivity contribution in [3.05, 3.63) is 38.9 Å². The molecule has 19 heavy (non-hydrogen) atoms. The van der Waals surface area contributed by atoms with Crippen LogP contribution >= 0.6 is 11.6 Å². The molecule has 0 aliphatic carbocycles. The van der Waals surface area contributed by atoms with Crippen LogP contribution in [0, 0.1) is 10.1 Å². The van der Waals surface area contributed by atoms with Crippen molar-refractivity contribution in [3.63, 3.8) is 0 Å². The summed E-state index contributed by atoms with van der Waals surface area (Å²) in [7, 11) is 0. The van der Waals surface area contributed by atoms with E-state index >= 15 is 0 Å². The summed E-state index contributed by atoms with van der Waals surface area (Å²) in [5.74, 6) is 0. The molecule has 0 atom stereocenters. The van der Waals surface area contributed by atoms with E-state index in [2.05, 4.69) is 0 Å². The predicted octanol–water partition coefficient (Wildman–Crippen LogP) is 1.82. The fraction of sp³-hybridized carbons (Fsp3) is 0.500. The number of rotatable bonds is 9. The highest BCUT2D eigenvalue weighted by Gasteiger charge is 2.09. The van der Waals surface area contributed by atoms with Gasteiger partial charge in [-0.25, -0.2) is 0 Å². The lowest BCUT2D eigenvalue weighted by Crippen LogP contribution is -2.09. The molecule has 0 aliphatic heterocycles. The van der Waals surface area contributed by atoms with Crippen molar-refractivity contribution in [1.82, 2.24) is 0 Å². The molecule has 0 aromatic heterocycles. The predicted molar refractivity (Wildman–Crippen MR) is 70.5 cm³/mol. The van der Waals surface area contributed by atoms with Crippen molar-refractivity contribution < 1.29 is 19.5 Å². The third kappa shape index (κ3) is 5.98.